The van der Waals surface area contributed by atoms with E-state index in [9.17, 15) is 4.39 Å². The van der Waals surface area contributed by atoms with Crippen molar-refractivity contribution in [3.63, 3.8) is 0 Å². The molecule has 0 saturated heterocycles. The quantitative estimate of drug-likeness (QED) is 0.750. The van der Waals surface area contributed by atoms with Crippen molar-refractivity contribution in [1.29, 1.82) is 5.26 Å². The van der Waals surface area contributed by atoms with Crippen LogP contribution >= 0.6 is 15.9 Å². The SMILES string of the molecule is N#Cc1ccc(OC2CCCCCC2)c(F)c1Br. The average molecular weight is 312 g/mol. The first-order valence-electron chi connectivity index (χ1n) is 6.27. The van der Waals surface area contributed by atoms with Crippen molar-refractivity contribution in [1.82, 2.24) is 0 Å². The second-order valence-corrected chi connectivity index (χ2v) is 5.38. The molecule has 0 N–H and O–H groups in total. The van der Waals surface area contributed by atoms with Crippen LogP contribution in [0.25, 0.3) is 0 Å². The molecule has 0 radical (unpaired) electrons. The van der Waals surface area contributed by atoms with Crippen molar-refractivity contribution in [3.05, 3.63) is 28.0 Å². The lowest BCUT2D eigenvalue weighted by atomic mass is 10.1. The number of halogens is 2. The molecular formula is C14H15BrFNO. The minimum Gasteiger partial charge on any atom is -0.487 e. The first-order chi connectivity index (χ1) is 8.72. The highest BCUT2D eigenvalue weighted by atomic mass is 79.9. The van der Waals surface area contributed by atoms with E-state index in [-0.39, 0.29) is 16.3 Å². The minimum absolute atomic E-state index is 0.0989. The highest BCUT2D eigenvalue weighted by Gasteiger charge is 2.18. The second-order valence-electron chi connectivity index (χ2n) is 4.58. The standard InChI is InChI=1S/C14H15BrFNO/c15-13-10(9-17)7-8-12(14(13)16)18-11-5-3-1-2-4-6-11/h7-8,11H,1-6H2. The molecule has 0 atom stereocenters. The van der Waals surface area contributed by atoms with Gasteiger partial charge >= 0.3 is 0 Å². The number of nitrogens with zero attached hydrogens (tertiary/aromatic N) is 1. The van der Waals surface area contributed by atoms with E-state index in [4.69, 9.17) is 10.00 Å². The topological polar surface area (TPSA) is 33.0 Å². The number of benzene rings is 1. The van der Waals surface area contributed by atoms with E-state index in [2.05, 4.69) is 15.9 Å². The fourth-order valence-corrected chi connectivity index (χ4v) is 2.66. The molecular weight excluding hydrogens is 297 g/mol. The molecule has 1 saturated carbocycles. The molecule has 2 nitrogen and oxygen atoms in total. The van der Waals surface area contributed by atoms with Crippen LogP contribution in [-0.4, -0.2) is 6.10 Å². The number of ether oxygens (including phenoxy) is 1. The molecule has 1 aromatic carbocycles. The third kappa shape index (κ3) is 3.02. The Kier molecular flexibility index (Phi) is 4.60. The highest BCUT2D eigenvalue weighted by Crippen LogP contribution is 2.30. The van der Waals surface area contributed by atoms with Crippen molar-refractivity contribution in [2.75, 3.05) is 0 Å². The summed E-state index contributed by atoms with van der Waals surface area (Å²) in [6.45, 7) is 0. The van der Waals surface area contributed by atoms with E-state index >= 15 is 0 Å². The van der Waals surface area contributed by atoms with Crippen LogP contribution in [0.1, 0.15) is 44.1 Å². The van der Waals surface area contributed by atoms with Gasteiger partial charge in [-0.1, -0.05) is 12.8 Å². The number of hydrogen-bond donors (Lipinski definition) is 0. The zero-order valence-corrected chi connectivity index (χ0v) is 11.7. The maximum atomic E-state index is 14.0. The lowest BCUT2D eigenvalue weighted by Crippen LogP contribution is -2.16. The van der Waals surface area contributed by atoms with E-state index < -0.39 is 5.82 Å². The molecule has 0 heterocycles. The summed E-state index contributed by atoms with van der Waals surface area (Å²) in [5.74, 6) is -0.230. The molecule has 1 aliphatic rings. The summed E-state index contributed by atoms with van der Waals surface area (Å²) in [5, 5.41) is 8.80. The minimum atomic E-state index is -0.474. The van der Waals surface area contributed by atoms with Gasteiger partial charge < -0.3 is 4.74 Å². The van der Waals surface area contributed by atoms with E-state index in [1.165, 1.54) is 12.8 Å². The summed E-state index contributed by atoms with van der Waals surface area (Å²) in [6.07, 6.45) is 6.82. The maximum absolute atomic E-state index is 14.0. The third-order valence-electron chi connectivity index (χ3n) is 3.26. The molecule has 2 rings (SSSR count). The Balaban J connectivity index is 2.14. The number of rotatable bonds is 2. The molecule has 1 aliphatic carbocycles. The Bertz CT molecular complexity index is 462. The van der Waals surface area contributed by atoms with Gasteiger partial charge in [-0.3, -0.25) is 0 Å². The van der Waals surface area contributed by atoms with Gasteiger partial charge in [0.15, 0.2) is 11.6 Å². The molecule has 1 fully saturated rings. The lowest BCUT2D eigenvalue weighted by molar-refractivity contribution is 0.175. The Morgan fingerprint density at radius 2 is 1.89 bits per heavy atom. The van der Waals surface area contributed by atoms with Gasteiger partial charge in [-0.15, -0.1) is 0 Å². The largest absolute Gasteiger partial charge is 0.487 e. The molecule has 0 bridgehead atoms. The second kappa shape index (κ2) is 6.19. The van der Waals surface area contributed by atoms with Crippen LogP contribution in [0, 0.1) is 17.1 Å². The van der Waals surface area contributed by atoms with Crippen molar-refractivity contribution < 1.29 is 9.13 Å². The molecule has 1 aromatic rings. The van der Waals surface area contributed by atoms with E-state index in [1.807, 2.05) is 6.07 Å². The van der Waals surface area contributed by atoms with Crippen molar-refractivity contribution >= 4 is 15.9 Å². The van der Waals surface area contributed by atoms with Gasteiger partial charge in [0.2, 0.25) is 0 Å². The summed E-state index contributed by atoms with van der Waals surface area (Å²) < 4.78 is 19.9. The molecule has 0 spiro atoms. The van der Waals surface area contributed by atoms with Crippen molar-refractivity contribution in [3.8, 4) is 11.8 Å². The van der Waals surface area contributed by atoms with Crippen LogP contribution in [0.4, 0.5) is 4.39 Å². The average Bonchev–Trinajstić information content (AvgIpc) is 2.64. The van der Waals surface area contributed by atoms with Crippen molar-refractivity contribution in [2.24, 2.45) is 0 Å². The fraction of sp³-hybridized carbons (Fsp3) is 0.500. The Morgan fingerprint density at radius 1 is 1.22 bits per heavy atom. The first kappa shape index (κ1) is 13.4. The Labute approximate surface area is 115 Å². The monoisotopic (exact) mass is 311 g/mol. The van der Waals surface area contributed by atoms with Crippen LogP contribution in [-0.2, 0) is 0 Å². The van der Waals surface area contributed by atoms with E-state index in [1.54, 1.807) is 12.1 Å². The van der Waals surface area contributed by atoms with Crippen LogP contribution < -0.4 is 4.74 Å². The summed E-state index contributed by atoms with van der Waals surface area (Å²) in [6, 6.07) is 5.06. The van der Waals surface area contributed by atoms with Gasteiger partial charge in [0, 0.05) is 0 Å². The smallest absolute Gasteiger partial charge is 0.180 e. The van der Waals surface area contributed by atoms with Gasteiger partial charge in [0.05, 0.1) is 16.1 Å². The summed E-state index contributed by atoms with van der Waals surface area (Å²) in [7, 11) is 0. The number of nitriles is 1. The van der Waals surface area contributed by atoms with E-state index in [0.717, 1.165) is 25.7 Å². The molecule has 0 aromatic heterocycles. The van der Waals surface area contributed by atoms with Crippen LogP contribution in [0.2, 0.25) is 0 Å². The molecule has 4 heteroatoms. The number of hydrogen-bond acceptors (Lipinski definition) is 2. The lowest BCUT2D eigenvalue weighted by Gasteiger charge is -2.17. The van der Waals surface area contributed by atoms with Gasteiger partial charge in [0.1, 0.15) is 6.07 Å². The van der Waals surface area contributed by atoms with Gasteiger partial charge in [-0.2, -0.15) is 5.26 Å². The van der Waals surface area contributed by atoms with E-state index in [0.29, 0.717) is 5.56 Å². The predicted octanol–water partition coefficient (Wildman–Crippen LogP) is 4.56. The fourth-order valence-electron chi connectivity index (χ4n) is 2.25. The highest BCUT2D eigenvalue weighted by molar-refractivity contribution is 9.10. The molecule has 18 heavy (non-hydrogen) atoms. The zero-order valence-electron chi connectivity index (χ0n) is 10.1. The summed E-state index contributed by atoms with van der Waals surface area (Å²) in [4.78, 5) is 0. The molecule has 0 aliphatic heterocycles. The van der Waals surface area contributed by atoms with Crippen LogP contribution in [0.5, 0.6) is 5.75 Å². The normalized spacial score (nSPS) is 16.9. The Morgan fingerprint density at radius 3 is 2.50 bits per heavy atom. The summed E-state index contributed by atoms with van der Waals surface area (Å²) >= 11 is 3.09. The molecule has 96 valence electrons. The van der Waals surface area contributed by atoms with Gasteiger partial charge in [-0.05, 0) is 53.7 Å². The predicted molar refractivity (Wildman–Crippen MR) is 70.9 cm³/mol. The summed E-state index contributed by atoms with van der Waals surface area (Å²) in [5.41, 5.74) is 0.292. The maximum Gasteiger partial charge on any atom is 0.180 e. The zero-order chi connectivity index (χ0) is 13.0. The molecule has 0 unspecified atom stereocenters. The van der Waals surface area contributed by atoms with Crippen LogP contribution in [0.3, 0.4) is 0 Å². The van der Waals surface area contributed by atoms with Crippen LogP contribution in [0.15, 0.2) is 16.6 Å². The van der Waals surface area contributed by atoms with Gasteiger partial charge in [-0.25, -0.2) is 4.39 Å². The van der Waals surface area contributed by atoms with Crippen molar-refractivity contribution in [2.45, 2.75) is 44.6 Å². The van der Waals surface area contributed by atoms with Gasteiger partial charge in [0.25, 0.3) is 0 Å². The molecule has 0 amide bonds. The first-order valence-corrected chi connectivity index (χ1v) is 7.06. The Hall–Kier alpha value is -1.08. The third-order valence-corrected chi connectivity index (χ3v) is 4.04.